The maximum Gasteiger partial charge on any atom is 0.159 e. The number of Topliss-reactive ketones (excluding diaryl/α,β-unsaturated/α-hetero) is 1. The summed E-state index contributed by atoms with van der Waals surface area (Å²) in [6, 6.07) is 5.78. The van der Waals surface area contributed by atoms with Crippen molar-refractivity contribution in [1.29, 1.82) is 0 Å². The van der Waals surface area contributed by atoms with Gasteiger partial charge in [-0.25, -0.2) is 0 Å². The summed E-state index contributed by atoms with van der Waals surface area (Å²) in [5, 5.41) is 0. The summed E-state index contributed by atoms with van der Waals surface area (Å²) >= 11 is 0. The third kappa shape index (κ3) is 3.83. The van der Waals surface area contributed by atoms with Crippen LogP contribution in [0.1, 0.15) is 49.5 Å². The summed E-state index contributed by atoms with van der Waals surface area (Å²) in [6.45, 7) is 9.73. The zero-order chi connectivity index (χ0) is 14.5. The van der Waals surface area contributed by atoms with E-state index in [2.05, 4.69) is 11.8 Å². The molecule has 1 aliphatic rings. The lowest BCUT2D eigenvalue weighted by Crippen LogP contribution is -2.32. The molecule has 0 radical (unpaired) electrons. The van der Waals surface area contributed by atoms with Crippen LogP contribution in [0.4, 0.5) is 0 Å². The zero-order valence-corrected chi connectivity index (χ0v) is 12.8. The quantitative estimate of drug-likeness (QED) is 0.770. The van der Waals surface area contributed by atoms with E-state index in [1.54, 1.807) is 6.92 Å². The number of ether oxygens (including phenoxy) is 1. The SMILES string of the molecule is CCOc1ccc(C(C)=O)cc1CN1CCC(C)CC1. The third-order valence-corrected chi connectivity index (χ3v) is 4.04. The Morgan fingerprint density at radius 3 is 2.65 bits per heavy atom. The average Bonchev–Trinajstić information content (AvgIpc) is 2.43. The molecule has 110 valence electrons. The lowest BCUT2D eigenvalue weighted by molar-refractivity contribution is 0.101. The Kier molecular flexibility index (Phi) is 5.18. The fourth-order valence-corrected chi connectivity index (χ4v) is 2.68. The Morgan fingerprint density at radius 2 is 2.05 bits per heavy atom. The molecule has 0 aromatic heterocycles. The molecule has 0 amide bonds. The van der Waals surface area contributed by atoms with E-state index < -0.39 is 0 Å². The van der Waals surface area contributed by atoms with E-state index in [0.717, 1.165) is 42.4 Å². The first-order chi connectivity index (χ1) is 9.60. The molecule has 3 nitrogen and oxygen atoms in total. The van der Waals surface area contributed by atoms with Crippen molar-refractivity contribution in [2.45, 2.75) is 40.2 Å². The molecule has 0 N–H and O–H groups in total. The number of hydrogen-bond acceptors (Lipinski definition) is 3. The highest BCUT2D eigenvalue weighted by molar-refractivity contribution is 5.94. The van der Waals surface area contributed by atoms with Crippen LogP contribution in [0, 0.1) is 5.92 Å². The van der Waals surface area contributed by atoms with Crippen molar-refractivity contribution in [3.63, 3.8) is 0 Å². The van der Waals surface area contributed by atoms with Crippen molar-refractivity contribution < 1.29 is 9.53 Å². The van der Waals surface area contributed by atoms with Crippen LogP contribution in [-0.2, 0) is 6.54 Å². The molecule has 1 fully saturated rings. The first-order valence-electron chi connectivity index (χ1n) is 7.59. The van der Waals surface area contributed by atoms with E-state index in [9.17, 15) is 4.79 Å². The number of carbonyl (C=O) groups excluding carboxylic acids is 1. The molecule has 0 unspecified atom stereocenters. The van der Waals surface area contributed by atoms with Gasteiger partial charge in [0.05, 0.1) is 6.61 Å². The summed E-state index contributed by atoms with van der Waals surface area (Å²) < 4.78 is 5.70. The van der Waals surface area contributed by atoms with Gasteiger partial charge in [-0.3, -0.25) is 9.69 Å². The van der Waals surface area contributed by atoms with Crippen LogP contribution in [0.15, 0.2) is 18.2 Å². The molecule has 0 atom stereocenters. The van der Waals surface area contributed by atoms with Gasteiger partial charge >= 0.3 is 0 Å². The predicted octanol–water partition coefficient (Wildman–Crippen LogP) is 3.52. The molecule has 1 saturated heterocycles. The van der Waals surface area contributed by atoms with Crippen LogP contribution in [0.3, 0.4) is 0 Å². The Morgan fingerprint density at radius 1 is 1.35 bits per heavy atom. The van der Waals surface area contributed by atoms with Gasteiger partial charge in [-0.15, -0.1) is 0 Å². The minimum absolute atomic E-state index is 0.113. The summed E-state index contributed by atoms with van der Waals surface area (Å²) in [5.74, 6) is 1.86. The Labute approximate surface area is 121 Å². The predicted molar refractivity (Wildman–Crippen MR) is 81.3 cm³/mol. The molecule has 1 aromatic rings. The highest BCUT2D eigenvalue weighted by Crippen LogP contribution is 2.25. The second kappa shape index (κ2) is 6.89. The maximum absolute atomic E-state index is 11.5. The van der Waals surface area contributed by atoms with E-state index in [0.29, 0.717) is 6.61 Å². The minimum Gasteiger partial charge on any atom is -0.494 e. The number of likely N-dealkylation sites (tertiary alicyclic amines) is 1. The highest BCUT2D eigenvalue weighted by atomic mass is 16.5. The molecule has 0 bridgehead atoms. The largest absolute Gasteiger partial charge is 0.494 e. The number of ketones is 1. The van der Waals surface area contributed by atoms with Crippen LogP contribution in [0.5, 0.6) is 5.75 Å². The Bertz CT molecular complexity index is 462. The fourth-order valence-electron chi connectivity index (χ4n) is 2.68. The van der Waals surface area contributed by atoms with E-state index in [4.69, 9.17) is 4.74 Å². The minimum atomic E-state index is 0.113. The first kappa shape index (κ1) is 15.0. The number of nitrogens with zero attached hydrogens (tertiary/aromatic N) is 1. The van der Waals surface area contributed by atoms with Crippen LogP contribution in [0.25, 0.3) is 0 Å². The van der Waals surface area contributed by atoms with E-state index >= 15 is 0 Å². The molecule has 0 saturated carbocycles. The van der Waals surface area contributed by atoms with E-state index in [1.807, 2.05) is 25.1 Å². The van der Waals surface area contributed by atoms with Gasteiger partial charge in [0.25, 0.3) is 0 Å². The van der Waals surface area contributed by atoms with Gasteiger partial charge < -0.3 is 4.74 Å². The second-order valence-electron chi connectivity index (χ2n) is 5.77. The molecule has 0 aliphatic carbocycles. The summed E-state index contributed by atoms with van der Waals surface area (Å²) in [6.07, 6.45) is 2.52. The fraction of sp³-hybridized carbons (Fsp3) is 0.588. The summed E-state index contributed by atoms with van der Waals surface area (Å²) in [5.41, 5.74) is 1.91. The van der Waals surface area contributed by atoms with Crippen LogP contribution < -0.4 is 4.74 Å². The van der Waals surface area contributed by atoms with E-state index in [-0.39, 0.29) is 5.78 Å². The first-order valence-corrected chi connectivity index (χ1v) is 7.59. The number of rotatable bonds is 5. The molecule has 1 aromatic carbocycles. The van der Waals surface area contributed by atoms with Crippen LogP contribution in [-0.4, -0.2) is 30.4 Å². The topological polar surface area (TPSA) is 29.5 Å². The lowest BCUT2D eigenvalue weighted by Gasteiger charge is -2.30. The third-order valence-electron chi connectivity index (χ3n) is 4.04. The maximum atomic E-state index is 11.5. The normalized spacial score (nSPS) is 17.1. The molecular weight excluding hydrogens is 250 g/mol. The highest BCUT2D eigenvalue weighted by Gasteiger charge is 2.17. The van der Waals surface area contributed by atoms with Crippen LogP contribution in [0.2, 0.25) is 0 Å². The molecule has 2 rings (SSSR count). The molecule has 1 aliphatic heterocycles. The Hall–Kier alpha value is -1.35. The van der Waals surface area contributed by atoms with Gasteiger partial charge in [0.1, 0.15) is 5.75 Å². The molecular formula is C17H25NO2. The molecule has 0 spiro atoms. The van der Waals surface area contributed by atoms with Crippen molar-refractivity contribution in [3.8, 4) is 5.75 Å². The second-order valence-corrected chi connectivity index (χ2v) is 5.77. The van der Waals surface area contributed by atoms with Crippen molar-refractivity contribution in [2.75, 3.05) is 19.7 Å². The number of carbonyl (C=O) groups is 1. The standard InChI is InChI=1S/C17H25NO2/c1-4-20-17-6-5-15(14(3)19)11-16(17)12-18-9-7-13(2)8-10-18/h5-6,11,13H,4,7-10,12H2,1-3H3. The zero-order valence-electron chi connectivity index (χ0n) is 12.8. The summed E-state index contributed by atoms with van der Waals surface area (Å²) in [7, 11) is 0. The smallest absolute Gasteiger partial charge is 0.159 e. The van der Waals surface area contributed by atoms with Crippen LogP contribution >= 0.6 is 0 Å². The number of hydrogen-bond donors (Lipinski definition) is 0. The number of piperidine rings is 1. The average molecular weight is 275 g/mol. The lowest BCUT2D eigenvalue weighted by atomic mass is 9.98. The van der Waals surface area contributed by atoms with Gasteiger partial charge in [-0.2, -0.15) is 0 Å². The van der Waals surface area contributed by atoms with Crippen molar-refractivity contribution in [1.82, 2.24) is 4.90 Å². The van der Waals surface area contributed by atoms with Gasteiger partial charge in [-0.05, 0) is 63.9 Å². The molecule has 3 heteroatoms. The van der Waals surface area contributed by atoms with Crippen molar-refractivity contribution in [3.05, 3.63) is 29.3 Å². The molecule has 20 heavy (non-hydrogen) atoms. The van der Waals surface area contributed by atoms with Crippen molar-refractivity contribution in [2.24, 2.45) is 5.92 Å². The van der Waals surface area contributed by atoms with E-state index in [1.165, 1.54) is 12.8 Å². The van der Waals surface area contributed by atoms with Gasteiger partial charge in [0.15, 0.2) is 5.78 Å². The van der Waals surface area contributed by atoms with Crippen molar-refractivity contribution >= 4 is 5.78 Å². The Balaban J connectivity index is 2.14. The monoisotopic (exact) mass is 275 g/mol. The van der Waals surface area contributed by atoms with Gasteiger partial charge in [0, 0.05) is 17.7 Å². The number of benzene rings is 1. The molecule has 1 heterocycles. The van der Waals surface area contributed by atoms with Gasteiger partial charge in [0.2, 0.25) is 0 Å². The van der Waals surface area contributed by atoms with Gasteiger partial charge in [-0.1, -0.05) is 6.92 Å². The summed E-state index contributed by atoms with van der Waals surface area (Å²) in [4.78, 5) is 14.0.